The first-order valence-electron chi connectivity index (χ1n) is 4.83. The van der Waals surface area contributed by atoms with Crippen LogP contribution in [0.5, 0.6) is 0 Å². The van der Waals surface area contributed by atoms with Crippen LogP contribution in [0.2, 0.25) is 0 Å². The van der Waals surface area contributed by atoms with Crippen LogP contribution in [-0.4, -0.2) is 12.4 Å². The lowest BCUT2D eigenvalue weighted by molar-refractivity contribution is -0.156. The number of hydrogen-bond donors (Lipinski definition) is 0. The van der Waals surface area contributed by atoms with Crippen molar-refractivity contribution in [2.75, 3.05) is 0 Å². The fourth-order valence-corrected chi connectivity index (χ4v) is 1.59. The fraction of sp³-hybridized carbons (Fsp3) is 0.250. The Kier molecular flexibility index (Phi) is 2.37. The summed E-state index contributed by atoms with van der Waals surface area (Å²) in [7, 11) is 0. The van der Waals surface area contributed by atoms with Gasteiger partial charge in [-0.15, -0.1) is 6.58 Å². The van der Waals surface area contributed by atoms with Gasteiger partial charge in [-0.25, -0.2) is 0 Å². The number of aliphatic imine (C=N–C) groups is 1. The van der Waals surface area contributed by atoms with Gasteiger partial charge in [0.05, 0.1) is 0 Å². The zero-order valence-electron chi connectivity index (χ0n) is 8.46. The van der Waals surface area contributed by atoms with E-state index < -0.39 is 11.7 Å². The Morgan fingerprint density at radius 1 is 1.25 bits per heavy atom. The predicted molar refractivity (Wildman–Crippen MR) is 56.6 cm³/mol. The summed E-state index contributed by atoms with van der Waals surface area (Å²) in [5.41, 5.74) is -0.941. The van der Waals surface area contributed by atoms with Crippen molar-refractivity contribution in [3.8, 4) is 0 Å². The van der Waals surface area contributed by atoms with Crippen molar-refractivity contribution in [3.05, 3.63) is 48.0 Å². The number of nitrogens with zero attached hydrogens (tertiary/aromatic N) is 1. The van der Waals surface area contributed by atoms with E-state index in [1.54, 1.807) is 18.2 Å². The van der Waals surface area contributed by atoms with Crippen molar-refractivity contribution in [2.45, 2.75) is 18.1 Å². The van der Waals surface area contributed by atoms with E-state index in [0.717, 1.165) is 11.8 Å². The van der Waals surface area contributed by atoms with Gasteiger partial charge in [0.2, 0.25) is 5.54 Å². The molecule has 1 unspecified atom stereocenters. The quantitative estimate of drug-likeness (QED) is 0.700. The van der Waals surface area contributed by atoms with Gasteiger partial charge >= 0.3 is 6.18 Å². The van der Waals surface area contributed by atoms with Crippen molar-refractivity contribution in [2.24, 2.45) is 4.99 Å². The van der Waals surface area contributed by atoms with Gasteiger partial charge in [0, 0.05) is 6.21 Å². The van der Waals surface area contributed by atoms with E-state index in [1.807, 2.05) is 0 Å². The predicted octanol–water partition coefficient (Wildman–Crippen LogP) is 3.26. The standard InChI is InChI=1S/C12H10F3N/c1-2-3-9-4-6-10(7-5-9)11(8-16-11)12(13,14)15/h2,4-8H,1,3H2. The van der Waals surface area contributed by atoms with Crippen LogP contribution in [0.15, 0.2) is 41.9 Å². The molecule has 1 aliphatic rings. The lowest BCUT2D eigenvalue weighted by Gasteiger charge is -2.17. The van der Waals surface area contributed by atoms with Gasteiger partial charge in [0.1, 0.15) is 0 Å². The van der Waals surface area contributed by atoms with E-state index in [-0.39, 0.29) is 5.56 Å². The summed E-state index contributed by atoms with van der Waals surface area (Å²) in [6, 6.07) is 6.29. The molecule has 1 heterocycles. The third-order valence-electron chi connectivity index (χ3n) is 2.59. The minimum absolute atomic E-state index is 0.174. The second-order valence-electron chi connectivity index (χ2n) is 3.71. The molecule has 1 aliphatic heterocycles. The maximum absolute atomic E-state index is 12.7. The largest absolute Gasteiger partial charge is 0.422 e. The highest BCUT2D eigenvalue weighted by Gasteiger charge is 2.61. The molecule has 0 aliphatic carbocycles. The van der Waals surface area contributed by atoms with E-state index >= 15 is 0 Å². The number of allylic oxidation sites excluding steroid dienone is 1. The molecule has 1 aromatic rings. The highest BCUT2D eigenvalue weighted by molar-refractivity contribution is 5.87. The van der Waals surface area contributed by atoms with Crippen LogP contribution in [0.3, 0.4) is 0 Å². The summed E-state index contributed by atoms with van der Waals surface area (Å²) in [6.07, 6.45) is -1.04. The average molecular weight is 225 g/mol. The fourth-order valence-electron chi connectivity index (χ4n) is 1.59. The Morgan fingerprint density at radius 3 is 2.19 bits per heavy atom. The molecular formula is C12H10F3N. The van der Waals surface area contributed by atoms with Gasteiger partial charge in [-0.2, -0.15) is 13.2 Å². The van der Waals surface area contributed by atoms with Crippen LogP contribution in [0.1, 0.15) is 11.1 Å². The van der Waals surface area contributed by atoms with Crippen molar-refractivity contribution in [1.29, 1.82) is 0 Å². The minimum atomic E-state index is -4.34. The number of rotatable bonds is 3. The van der Waals surface area contributed by atoms with Crippen LogP contribution in [-0.2, 0) is 12.0 Å². The first-order chi connectivity index (χ1) is 7.49. The molecule has 84 valence electrons. The van der Waals surface area contributed by atoms with Crippen LogP contribution >= 0.6 is 0 Å². The maximum Gasteiger partial charge on any atom is 0.422 e. The molecule has 0 aromatic heterocycles. The van der Waals surface area contributed by atoms with Gasteiger partial charge in [-0.3, -0.25) is 4.99 Å². The summed E-state index contributed by atoms with van der Waals surface area (Å²) >= 11 is 0. The molecule has 0 N–H and O–H groups in total. The lowest BCUT2D eigenvalue weighted by Crippen LogP contribution is -2.31. The molecular weight excluding hydrogens is 215 g/mol. The molecule has 16 heavy (non-hydrogen) atoms. The van der Waals surface area contributed by atoms with Crippen molar-refractivity contribution >= 4 is 6.21 Å². The summed E-state index contributed by atoms with van der Waals surface area (Å²) in [4.78, 5) is 3.38. The Morgan fingerprint density at radius 2 is 1.81 bits per heavy atom. The van der Waals surface area contributed by atoms with E-state index in [0.29, 0.717) is 6.42 Å². The summed E-state index contributed by atoms with van der Waals surface area (Å²) in [5.74, 6) is 0. The van der Waals surface area contributed by atoms with E-state index in [2.05, 4.69) is 11.6 Å². The Balaban J connectivity index is 2.26. The van der Waals surface area contributed by atoms with Crippen molar-refractivity contribution in [3.63, 3.8) is 0 Å². The molecule has 0 amide bonds. The van der Waals surface area contributed by atoms with E-state index in [4.69, 9.17) is 0 Å². The Hall–Kier alpha value is -1.58. The molecule has 0 spiro atoms. The molecule has 1 nitrogen and oxygen atoms in total. The third kappa shape index (κ3) is 1.64. The first kappa shape index (κ1) is 10.9. The summed E-state index contributed by atoms with van der Waals surface area (Å²) in [6.45, 7) is 3.57. The second-order valence-corrected chi connectivity index (χ2v) is 3.71. The molecule has 0 bridgehead atoms. The summed E-state index contributed by atoms with van der Waals surface area (Å²) < 4.78 is 38.1. The normalized spacial score (nSPS) is 23.2. The molecule has 1 aromatic carbocycles. The molecule has 0 fully saturated rings. The van der Waals surface area contributed by atoms with Crippen molar-refractivity contribution < 1.29 is 13.2 Å². The van der Waals surface area contributed by atoms with E-state index in [9.17, 15) is 13.2 Å². The average Bonchev–Trinajstić information content (AvgIpc) is 2.99. The molecule has 1 atom stereocenters. The maximum atomic E-state index is 12.7. The first-order valence-corrected chi connectivity index (χ1v) is 4.83. The SMILES string of the molecule is C=CCc1ccc(C2(C(F)(F)F)C=N2)cc1. The Bertz CT molecular complexity index is 423. The number of hydrogen-bond acceptors (Lipinski definition) is 1. The molecule has 0 radical (unpaired) electrons. The zero-order valence-corrected chi connectivity index (χ0v) is 8.46. The minimum Gasteiger partial charge on any atom is -0.267 e. The van der Waals surface area contributed by atoms with E-state index in [1.165, 1.54) is 12.1 Å². The third-order valence-corrected chi connectivity index (χ3v) is 2.59. The highest BCUT2D eigenvalue weighted by atomic mass is 19.4. The second kappa shape index (κ2) is 3.47. The molecule has 0 saturated heterocycles. The van der Waals surface area contributed by atoms with Gasteiger partial charge < -0.3 is 0 Å². The molecule has 0 saturated carbocycles. The lowest BCUT2D eigenvalue weighted by atomic mass is 9.96. The highest BCUT2D eigenvalue weighted by Crippen LogP contribution is 2.47. The number of halogens is 3. The van der Waals surface area contributed by atoms with Gasteiger partial charge in [0.25, 0.3) is 0 Å². The van der Waals surface area contributed by atoms with Crippen LogP contribution in [0.4, 0.5) is 13.2 Å². The van der Waals surface area contributed by atoms with Gasteiger partial charge in [-0.1, -0.05) is 30.3 Å². The number of benzene rings is 1. The number of alkyl halides is 3. The Labute approximate surface area is 91.3 Å². The molecule has 2 rings (SSSR count). The van der Waals surface area contributed by atoms with Crippen LogP contribution in [0, 0.1) is 0 Å². The van der Waals surface area contributed by atoms with Crippen LogP contribution in [0.25, 0.3) is 0 Å². The van der Waals surface area contributed by atoms with Gasteiger partial charge in [0.15, 0.2) is 0 Å². The molecule has 4 heteroatoms. The van der Waals surface area contributed by atoms with Crippen molar-refractivity contribution in [1.82, 2.24) is 0 Å². The smallest absolute Gasteiger partial charge is 0.267 e. The monoisotopic (exact) mass is 225 g/mol. The van der Waals surface area contributed by atoms with Crippen LogP contribution < -0.4 is 0 Å². The zero-order chi connectivity index (χ0) is 11.8. The summed E-state index contributed by atoms with van der Waals surface area (Å²) in [5, 5.41) is 0. The van der Waals surface area contributed by atoms with Gasteiger partial charge in [-0.05, 0) is 17.5 Å². The topological polar surface area (TPSA) is 12.4 Å².